The van der Waals surface area contributed by atoms with Crippen LogP contribution in [-0.2, 0) is 6.54 Å². The molecule has 17 heavy (non-hydrogen) atoms. The first kappa shape index (κ1) is 11.4. The first-order chi connectivity index (χ1) is 8.19. The molecule has 0 aromatic carbocycles. The van der Waals surface area contributed by atoms with Crippen LogP contribution in [0.25, 0.3) is 0 Å². The van der Waals surface area contributed by atoms with Crippen molar-refractivity contribution in [2.75, 3.05) is 11.1 Å². The molecular formula is C11H11N5S. The highest BCUT2D eigenvalue weighted by atomic mass is 32.1. The van der Waals surface area contributed by atoms with E-state index in [1.54, 1.807) is 17.4 Å². The maximum atomic E-state index is 8.95. The molecule has 0 aliphatic carbocycles. The summed E-state index contributed by atoms with van der Waals surface area (Å²) in [6.45, 7) is 2.51. The van der Waals surface area contributed by atoms with Gasteiger partial charge in [0.1, 0.15) is 11.9 Å². The van der Waals surface area contributed by atoms with Gasteiger partial charge in [-0.25, -0.2) is 9.97 Å². The number of rotatable bonds is 3. The van der Waals surface area contributed by atoms with E-state index >= 15 is 0 Å². The van der Waals surface area contributed by atoms with Crippen molar-refractivity contribution in [3.8, 4) is 6.07 Å². The minimum Gasteiger partial charge on any atom is -0.397 e. The number of thiazole rings is 1. The molecule has 0 fully saturated rings. The Bertz CT molecular complexity index is 569. The number of nitrogen functional groups attached to an aromatic ring is 1. The zero-order chi connectivity index (χ0) is 12.3. The molecule has 0 aliphatic rings. The molecule has 5 nitrogen and oxygen atoms in total. The van der Waals surface area contributed by atoms with Crippen molar-refractivity contribution in [2.45, 2.75) is 13.5 Å². The predicted octanol–water partition coefficient (Wildman–Crippen LogP) is 1.91. The third-order valence-electron chi connectivity index (χ3n) is 2.13. The zero-order valence-corrected chi connectivity index (χ0v) is 10.1. The van der Waals surface area contributed by atoms with Crippen molar-refractivity contribution in [2.24, 2.45) is 0 Å². The Morgan fingerprint density at radius 1 is 1.59 bits per heavy atom. The van der Waals surface area contributed by atoms with E-state index in [0.29, 0.717) is 23.6 Å². The van der Waals surface area contributed by atoms with Crippen molar-refractivity contribution < 1.29 is 0 Å². The molecular weight excluding hydrogens is 234 g/mol. The van der Waals surface area contributed by atoms with Gasteiger partial charge in [0.15, 0.2) is 0 Å². The summed E-state index contributed by atoms with van der Waals surface area (Å²) in [7, 11) is 0. The van der Waals surface area contributed by atoms with E-state index in [1.807, 2.05) is 12.3 Å². The maximum Gasteiger partial charge on any atom is 0.144 e. The number of aromatic nitrogens is 2. The Morgan fingerprint density at radius 2 is 2.41 bits per heavy atom. The van der Waals surface area contributed by atoms with Gasteiger partial charge in [0.2, 0.25) is 0 Å². The number of nitrogens with zero attached hydrogens (tertiary/aromatic N) is 3. The molecule has 6 heteroatoms. The topological polar surface area (TPSA) is 87.6 Å². The lowest BCUT2D eigenvalue weighted by molar-refractivity contribution is 1.04. The normalized spacial score (nSPS) is 9.88. The number of anilines is 2. The van der Waals surface area contributed by atoms with Crippen molar-refractivity contribution in [1.29, 1.82) is 5.26 Å². The van der Waals surface area contributed by atoms with Gasteiger partial charge in [0.05, 0.1) is 34.7 Å². The summed E-state index contributed by atoms with van der Waals surface area (Å²) >= 11 is 1.60. The van der Waals surface area contributed by atoms with Crippen LogP contribution in [0.5, 0.6) is 0 Å². The molecule has 2 aromatic heterocycles. The van der Waals surface area contributed by atoms with Crippen LogP contribution in [-0.4, -0.2) is 9.97 Å². The SMILES string of the molecule is Cc1nc(CNc2ncc(N)cc2C#N)cs1. The molecule has 0 saturated heterocycles. The van der Waals surface area contributed by atoms with Gasteiger partial charge in [-0.3, -0.25) is 0 Å². The summed E-state index contributed by atoms with van der Waals surface area (Å²) in [5.41, 5.74) is 7.43. The molecule has 0 atom stereocenters. The lowest BCUT2D eigenvalue weighted by Gasteiger charge is -2.05. The molecule has 0 radical (unpaired) electrons. The van der Waals surface area contributed by atoms with E-state index < -0.39 is 0 Å². The lowest BCUT2D eigenvalue weighted by atomic mass is 10.2. The Balaban J connectivity index is 2.12. The van der Waals surface area contributed by atoms with Crippen LogP contribution in [0, 0.1) is 18.3 Å². The van der Waals surface area contributed by atoms with Crippen molar-refractivity contribution >= 4 is 22.8 Å². The molecule has 86 valence electrons. The number of nitrogens with two attached hydrogens (primary N) is 1. The second kappa shape index (κ2) is 4.80. The van der Waals surface area contributed by atoms with Gasteiger partial charge in [0, 0.05) is 5.38 Å². The van der Waals surface area contributed by atoms with E-state index in [9.17, 15) is 0 Å². The van der Waals surface area contributed by atoms with E-state index in [-0.39, 0.29) is 0 Å². The first-order valence-electron chi connectivity index (χ1n) is 4.99. The van der Waals surface area contributed by atoms with E-state index in [0.717, 1.165) is 10.7 Å². The average Bonchev–Trinajstić information content (AvgIpc) is 2.73. The van der Waals surface area contributed by atoms with E-state index in [1.165, 1.54) is 6.20 Å². The fourth-order valence-electron chi connectivity index (χ4n) is 1.37. The summed E-state index contributed by atoms with van der Waals surface area (Å²) in [5.74, 6) is 0.535. The quantitative estimate of drug-likeness (QED) is 0.862. The predicted molar refractivity (Wildman–Crippen MR) is 67.5 cm³/mol. The van der Waals surface area contributed by atoms with Crippen LogP contribution >= 0.6 is 11.3 Å². The van der Waals surface area contributed by atoms with Gasteiger partial charge in [-0.2, -0.15) is 5.26 Å². The summed E-state index contributed by atoms with van der Waals surface area (Å²) in [5, 5.41) is 15.0. The van der Waals surface area contributed by atoms with Gasteiger partial charge in [0.25, 0.3) is 0 Å². The monoisotopic (exact) mass is 245 g/mol. The number of pyridine rings is 1. The van der Waals surface area contributed by atoms with Gasteiger partial charge >= 0.3 is 0 Å². The van der Waals surface area contributed by atoms with Gasteiger partial charge < -0.3 is 11.1 Å². The molecule has 2 aromatic rings. The molecule has 0 unspecified atom stereocenters. The highest BCUT2D eigenvalue weighted by Crippen LogP contribution is 2.16. The maximum absolute atomic E-state index is 8.95. The van der Waals surface area contributed by atoms with Gasteiger partial charge in [-0.05, 0) is 13.0 Å². The molecule has 0 bridgehead atoms. The Morgan fingerprint density at radius 3 is 3.06 bits per heavy atom. The molecule has 3 N–H and O–H groups in total. The average molecular weight is 245 g/mol. The van der Waals surface area contributed by atoms with E-state index in [4.69, 9.17) is 11.0 Å². The standard InChI is InChI=1S/C11H11N5S/c1-7-16-10(6-17-7)5-15-11-8(3-12)2-9(13)4-14-11/h2,4,6H,5,13H2,1H3,(H,14,15). The minimum atomic E-state index is 0.442. The van der Waals surface area contributed by atoms with Crippen molar-refractivity contribution in [1.82, 2.24) is 9.97 Å². The molecule has 0 spiro atoms. The first-order valence-corrected chi connectivity index (χ1v) is 5.87. The molecule has 2 rings (SSSR count). The number of aryl methyl sites for hydroxylation is 1. The van der Waals surface area contributed by atoms with Crippen LogP contribution in [0.15, 0.2) is 17.6 Å². The Kier molecular flexibility index (Phi) is 3.21. The van der Waals surface area contributed by atoms with Crippen LogP contribution in [0.1, 0.15) is 16.3 Å². The van der Waals surface area contributed by atoms with Crippen LogP contribution in [0.4, 0.5) is 11.5 Å². The number of nitrogens with one attached hydrogen (secondary N) is 1. The molecule has 0 aliphatic heterocycles. The van der Waals surface area contributed by atoms with Crippen LogP contribution in [0.3, 0.4) is 0 Å². The Hall–Kier alpha value is -2.13. The fourth-order valence-corrected chi connectivity index (χ4v) is 1.98. The highest BCUT2D eigenvalue weighted by Gasteiger charge is 2.05. The second-order valence-electron chi connectivity index (χ2n) is 3.49. The number of hydrogen-bond donors (Lipinski definition) is 2. The summed E-state index contributed by atoms with van der Waals surface area (Å²) in [6, 6.07) is 3.65. The Labute approximate surface area is 103 Å². The van der Waals surface area contributed by atoms with Crippen LogP contribution < -0.4 is 11.1 Å². The third kappa shape index (κ3) is 2.71. The summed E-state index contributed by atoms with van der Waals surface area (Å²) in [4.78, 5) is 8.41. The third-order valence-corrected chi connectivity index (χ3v) is 2.96. The van der Waals surface area contributed by atoms with Gasteiger partial charge in [-0.1, -0.05) is 0 Å². The zero-order valence-electron chi connectivity index (χ0n) is 9.27. The lowest BCUT2D eigenvalue weighted by Crippen LogP contribution is -2.04. The minimum absolute atomic E-state index is 0.442. The fraction of sp³-hybridized carbons (Fsp3) is 0.182. The molecule has 2 heterocycles. The van der Waals surface area contributed by atoms with Crippen LogP contribution in [0.2, 0.25) is 0 Å². The second-order valence-corrected chi connectivity index (χ2v) is 4.55. The number of hydrogen-bond acceptors (Lipinski definition) is 6. The summed E-state index contributed by atoms with van der Waals surface area (Å²) in [6.07, 6.45) is 1.52. The van der Waals surface area contributed by atoms with Gasteiger partial charge in [-0.15, -0.1) is 11.3 Å². The summed E-state index contributed by atoms with van der Waals surface area (Å²) < 4.78 is 0. The van der Waals surface area contributed by atoms with Crippen molar-refractivity contribution in [3.63, 3.8) is 0 Å². The highest BCUT2D eigenvalue weighted by molar-refractivity contribution is 7.09. The molecule has 0 amide bonds. The van der Waals surface area contributed by atoms with Crippen molar-refractivity contribution in [3.05, 3.63) is 33.9 Å². The smallest absolute Gasteiger partial charge is 0.144 e. The van der Waals surface area contributed by atoms with E-state index in [2.05, 4.69) is 21.4 Å². The largest absolute Gasteiger partial charge is 0.397 e. The molecule has 0 saturated carbocycles. The number of nitriles is 1.